The molecule has 0 amide bonds. The van der Waals surface area contributed by atoms with E-state index in [2.05, 4.69) is 0 Å². The van der Waals surface area contributed by atoms with Gasteiger partial charge in [0.25, 0.3) is 0 Å². The van der Waals surface area contributed by atoms with Crippen molar-refractivity contribution in [3.05, 3.63) is 0 Å². The molecule has 0 heterocycles. The summed E-state index contributed by atoms with van der Waals surface area (Å²) in [6.45, 7) is 3.71. The van der Waals surface area contributed by atoms with Crippen molar-refractivity contribution >= 4 is 6.29 Å². The van der Waals surface area contributed by atoms with E-state index in [4.69, 9.17) is 0 Å². The van der Waals surface area contributed by atoms with Crippen LogP contribution in [0, 0.1) is 5.92 Å². The van der Waals surface area contributed by atoms with E-state index in [9.17, 15) is 4.79 Å². The molecule has 2 heteroatoms. The van der Waals surface area contributed by atoms with Gasteiger partial charge >= 0.3 is 0 Å². The van der Waals surface area contributed by atoms with Gasteiger partial charge in [0.2, 0.25) is 0 Å². The maximum Gasteiger partial charge on any atom is 0.122 e. The van der Waals surface area contributed by atoms with Crippen molar-refractivity contribution in [1.29, 1.82) is 0 Å². The molecule has 0 radical (unpaired) electrons. The van der Waals surface area contributed by atoms with Gasteiger partial charge in [0, 0.05) is 25.4 Å². The Labute approximate surface area is 89.1 Å². The van der Waals surface area contributed by atoms with Crippen LogP contribution in [0.25, 0.3) is 0 Å². The predicted octanol–water partition coefficient (Wildman–Crippen LogP) is 3.18. The molecule has 68 valence electrons. The monoisotopic (exact) mass is 220 g/mol. The van der Waals surface area contributed by atoms with Crippen LogP contribution in [-0.4, -0.2) is 6.29 Å². The molecule has 0 saturated heterocycles. The summed E-state index contributed by atoms with van der Waals surface area (Å²) in [6, 6.07) is 0. The summed E-state index contributed by atoms with van der Waals surface area (Å²) in [5, 5.41) is 0. The maximum atomic E-state index is 9.50. The van der Waals surface area contributed by atoms with Crippen LogP contribution in [0.3, 0.4) is 0 Å². The molecule has 1 rings (SSSR count). The van der Waals surface area contributed by atoms with Crippen molar-refractivity contribution in [2.75, 3.05) is 0 Å². The van der Waals surface area contributed by atoms with Gasteiger partial charge in [-0.1, -0.05) is 52.4 Å². The van der Waals surface area contributed by atoms with E-state index in [-0.39, 0.29) is 25.4 Å². The molecular weight excluding hydrogens is 201 g/mol. The molecule has 0 aromatic rings. The fraction of sp³-hybridized carbons (Fsp3) is 0.900. The zero-order valence-corrected chi connectivity index (χ0v) is 11.5. The molecule has 0 aromatic heterocycles. The Balaban J connectivity index is 0. The van der Waals surface area contributed by atoms with Gasteiger partial charge < -0.3 is 4.79 Å². The topological polar surface area (TPSA) is 17.1 Å². The molecule has 0 aliphatic heterocycles. The molecular formula is C10H20OZn. The number of carbonyl (C=O) groups excluding carboxylic acids is 1. The Kier molecular flexibility index (Phi) is 13.9. The van der Waals surface area contributed by atoms with Crippen molar-refractivity contribution in [2.24, 2.45) is 5.92 Å². The predicted molar refractivity (Wildman–Crippen MR) is 48.6 cm³/mol. The van der Waals surface area contributed by atoms with Crippen molar-refractivity contribution in [3.63, 3.8) is 0 Å². The number of hydrogen-bond acceptors (Lipinski definition) is 1. The molecule has 0 bridgehead atoms. The van der Waals surface area contributed by atoms with E-state index in [1.807, 2.05) is 13.8 Å². The SMILES string of the molecule is C1CCCCC1.CC(C)C=O.[Zn]. The van der Waals surface area contributed by atoms with Crippen LogP contribution in [0.2, 0.25) is 0 Å². The zero-order valence-electron chi connectivity index (χ0n) is 8.51. The van der Waals surface area contributed by atoms with E-state index in [1.54, 1.807) is 0 Å². The molecule has 0 aromatic carbocycles. The van der Waals surface area contributed by atoms with E-state index in [0.717, 1.165) is 6.29 Å². The molecule has 1 aliphatic rings. The average molecular weight is 222 g/mol. The second-order valence-electron chi connectivity index (χ2n) is 3.50. The summed E-state index contributed by atoms with van der Waals surface area (Å²) in [6.07, 6.45) is 9.92. The minimum absolute atomic E-state index is 0. The van der Waals surface area contributed by atoms with Crippen LogP contribution in [-0.2, 0) is 24.3 Å². The Morgan fingerprint density at radius 2 is 1.08 bits per heavy atom. The maximum absolute atomic E-state index is 9.50. The molecule has 12 heavy (non-hydrogen) atoms. The Bertz CT molecular complexity index is 76.3. The summed E-state index contributed by atoms with van der Waals surface area (Å²) in [5.41, 5.74) is 0. The summed E-state index contributed by atoms with van der Waals surface area (Å²) in [7, 11) is 0. The van der Waals surface area contributed by atoms with Crippen molar-refractivity contribution < 1.29 is 24.3 Å². The summed E-state index contributed by atoms with van der Waals surface area (Å²) in [4.78, 5) is 9.50. The third-order valence-corrected chi connectivity index (χ3v) is 1.77. The van der Waals surface area contributed by atoms with Crippen molar-refractivity contribution in [3.8, 4) is 0 Å². The smallest absolute Gasteiger partial charge is 0.122 e. The normalized spacial score (nSPS) is 15.6. The molecule has 0 unspecified atom stereocenters. The Morgan fingerprint density at radius 3 is 1.17 bits per heavy atom. The number of hydrogen-bond donors (Lipinski definition) is 0. The summed E-state index contributed by atoms with van der Waals surface area (Å²) < 4.78 is 0. The van der Waals surface area contributed by atoms with Gasteiger partial charge in [0.05, 0.1) is 0 Å². The minimum atomic E-state index is 0. The molecule has 1 nitrogen and oxygen atoms in total. The molecule has 1 aliphatic carbocycles. The summed E-state index contributed by atoms with van der Waals surface area (Å²) >= 11 is 0. The molecule has 1 saturated carbocycles. The van der Waals surface area contributed by atoms with E-state index < -0.39 is 0 Å². The second kappa shape index (κ2) is 11.3. The fourth-order valence-corrected chi connectivity index (χ4v) is 1.06. The van der Waals surface area contributed by atoms with E-state index in [0.29, 0.717) is 0 Å². The van der Waals surface area contributed by atoms with E-state index >= 15 is 0 Å². The molecule has 0 spiro atoms. The van der Waals surface area contributed by atoms with Gasteiger partial charge in [0.1, 0.15) is 6.29 Å². The van der Waals surface area contributed by atoms with Gasteiger partial charge in [-0.2, -0.15) is 0 Å². The van der Waals surface area contributed by atoms with Crippen LogP contribution in [0.5, 0.6) is 0 Å². The molecule has 0 atom stereocenters. The first-order valence-corrected chi connectivity index (χ1v) is 4.72. The van der Waals surface area contributed by atoms with Crippen molar-refractivity contribution in [1.82, 2.24) is 0 Å². The van der Waals surface area contributed by atoms with Crippen LogP contribution in [0.4, 0.5) is 0 Å². The van der Waals surface area contributed by atoms with Crippen LogP contribution >= 0.6 is 0 Å². The van der Waals surface area contributed by atoms with Gasteiger partial charge in [0.15, 0.2) is 0 Å². The number of rotatable bonds is 1. The average Bonchev–Trinajstić information content (AvgIpc) is 2.09. The minimum Gasteiger partial charge on any atom is -0.303 e. The van der Waals surface area contributed by atoms with Gasteiger partial charge in [-0.3, -0.25) is 0 Å². The first kappa shape index (κ1) is 14.8. The quantitative estimate of drug-likeness (QED) is 0.491. The first-order valence-electron chi connectivity index (χ1n) is 4.72. The number of carbonyl (C=O) groups is 1. The standard InChI is InChI=1S/C6H12.C4H8O.Zn/c1-2-4-6-5-3-1;1-4(2)3-5;/h1-6H2;3-4H,1-2H3;. The second-order valence-corrected chi connectivity index (χ2v) is 3.50. The van der Waals surface area contributed by atoms with Gasteiger partial charge in [-0.25, -0.2) is 0 Å². The van der Waals surface area contributed by atoms with Crippen LogP contribution in [0.1, 0.15) is 52.4 Å². The fourth-order valence-electron chi connectivity index (χ4n) is 1.06. The van der Waals surface area contributed by atoms with Crippen LogP contribution in [0.15, 0.2) is 0 Å². The van der Waals surface area contributed by atoms with Crippen LogP contribution < -0.4 is 0 Å². The molecule has 0 N–H and O–H groups in total. The Hall–Kier alpha value is 0.293. The van der Waals surface area contributed by atoms with Gasteiger partial charge in [-0.05, 0) is 0 Å². The van der Waals surface area contributed by atoms with E-state index in [1.165, 1.54) is 38.5 Å². The first-order chi connectivity index (χ1) is 5.27. The summed E-state index contributed by atoms with van der Waals surface area (Å²) in [5.74, 6) is 0.204. The van der Waals surface area contributed by atoms with Crippen molar-refractivity contribution in [2.45, 2.75) is 52.4 Å². The number of aldehydes is 1. The third-order valence-electron chi connectivity index (χ3n) is 1.77. The van der Waals surface area contributed by atoms with Gasteiger partial charge in [-0.15, -0.1) is 0 Å². The molecule has 1 fully saturated rings. The largest absolute Gasteiger partial charge is 0.303 e. The Morgan fingerprint density at radius 1 is 0.917 bits per heavy atom. The third kappa shape index (κ3) is 12.9. The zero-order chi connectivity index (χ0) is 8.53.